The zero-order chi connectivity index (χ0) is 22.5. The fourth-order valence-corrected chi connectivity index (χ4v) is 3.62. The number of nitrogens with zero attached hydrogens (tertiary/aromatic N) is 3. The Balaban J connectivity index is 1.87. The predicted octanol–water partition coefficient (Wildman–Crippen LogP) is 6.53. The van der Waals surface area contributed by atoms with Gasteiger partial charge in [-0.2, -0.15) is 5.26 Å². The zero-order valence-electron chi connectivity index (χ0n) is 19.1. The van der Waals surface area contributed by atoms with Gasteiger partial charge in [0.25, 0.3) is 0 Å². The number of nitriles is 1. The second-order valence-electron chi connectivity index (χ2n) is 8.28. The molecule has 2 atom stereocenters. The van der Waals surface area contributed by atoms with Crippen LogP contribution in [0.4, 0.5) is 0 Å². The molecule has 0 aliphatic heterocycles. The summed E-state index contributed by atoms with van der Waals surface area (Å²) < 4.78 is 5.43. The minimum absolute atomic E-state index is 0.114. The Labute approximate surface area is 186 Å². The van der Waals surface area contributed by atoms with Crippen molar-refractivity contribution in [3.8, 4) is 23.2 Å². The van der Waals surface area contributed by atoms with Gasteiger partial charge < -0.3 is 4.74 Å². The molecule has 2 unspecified atom stereocenters. The van der Waals surface area contributed by atoms with Crippen LogP contribution < -0.4 is 4.74 Å². The summed E-state index contributed by atoms with van der Waals surface area (Å²) in [5, 5.41) is 9.33. The van der Waals surface area contributed by atoms with Crippen molar-refractivity contribution in [2.75, 3.05) is 0 Å². The van der Waals surface area contributed by atoms with Gasteiger partial charge in [0.2, 0.25) is 0 Å². The monoisotopic (exact) mass is 421 g/mol. The molecule has 0 aliphatic carbocycles. The molecule has 2 rings (SSSR count). The second kappa shape index (κ2) is 13.5. The molecule has 0 aliphatic rings. The van der Waals surface area contributed by atoms with Crippen LogP contribution in [0.1, 0.15) is 77.7 Å². The Morgan fingerprint density at radius 3 is 2.32 bits per heavy atom. The van der Waals surface area contributed by atoms with Gasteiger partial charge in [-0.25, -0.2) is 9.97 Å². The quantitative estimate of drug-likeness (QED) is 0.209. The molecule has 2 aromatic rings. The molecule has 0 N–H and O–H groups in total. The Morgan fingerprint density at radius 1 is 1.03 bits per heavy atom. The number of ether oxygens (including phenoxy) is 1. The normalized spacial score (nSPS) is 12.7. The van der Waals surface area contributed by atoms with Crippen LogP contribution in [0, 0.1) is 23.2 Å². The summed E-state index contributed by atoms with van der Waals surface area (Å²) >= 11 is 0. The van der Waals surface area contributed by atoms with Crippen LogP contribution in [-0.4, -0.2) is 15.9 Å². The van der Waals surface area contributed by atoms with E-state index in [-0.39, 0.29) is 24.2 Å². The molecular formula is C26H35N3O2. The van der Waals surface area contributed by atoms with Crippen LogP contribution in [0.25, 0.3) is 11.4 Å². The molecule has 31 heavy (non-hydrogen) atoms. The van der Waals surface area contributed by atoms with Crippen LogP contribution in [0.2, 0.25) is 0 Å². The van der Waals surface area contributed by atoms with Crippen molar-refractivity contribution in [3.05, 3.63) is 42.2 Å². The second-order valence-corrected chi connectivity index (χ2v) is 8.28. The van der Waals surface area contributed by atoms with Gasteiger partial charge in [-0.05, 0) is 55.0 Å². The number of carbonyl (C=O) groups is 1. The average molecular weight is 422 g/mol. The summed E-state index contributed by atoms with van der Waals surface area (Å²) in [5.41, 5.74) is 2.04. The van der Waals surface area contributed by atoms with Crippen LogP contribution in [0.5, 0.6) is 5.75 Å². The van der Waals surface area contributed by atoms with E-state index in [0.717, 1.165) is 30.4 Å². The van der Waals surface area contributed by atoms with Crippen molar-refractivity contribution in [1.29, 1.82) is 5.26 Å². The smallest absolute Gasteiger partial charge is 0.312 e. The van der Waals surface area contributed by atoms with E-state index < -0.39 is 0 Å². The molecule has 5 nitrogen and oxygen atoms in total. The highest BCUT2D eigenvalue weighted by atomic mass is 16.5. The van der Waals surface area contributed by atoms with Gasteiger partial charge in [0.1, 0.15) is 5.75 Å². The van der Waals surface area contributed by atoms with Crippen LogP contribution in [-0.2, 0) is 11.2 Å². The first-order valence-electron chi connectivity index (χ1n) is 11.6. The summed E-state index contributed by atoms with van der Waals surface area (Å²) in [6, 6.07) is 9.43. The lowest BCUT2D eigenvalue weighted by molar-refractivity contribution is -0.135. The van der Waals surface area contributed by atoms with E-state index in [2.05, 4.69) is 29.9 Å². The molecule has 0 radical (unpaired) electrons. The number of hydrogen-bond acceptors (Lipinski definition) is 5. The highest BCUT2D eigenvalue weighted by molar-refractivity contribution is 5.73. The lowest BCUT2D eigenvalue weighted by Gasteiger charge is -2.16. The molecule has 5 heteroatoms. The van der Waals surface area contributed by atoms with Gasteiger partial charge in [-0.1, -0.05) is 52.9 Å². The maximum atomic E-state index is 12.2. The molecule has 0 saturated carbocycles. The molecule has 1 aromatic heterocycles. The number of hydrogen-bond donors (Lipinski definition) is 0. The van der Waals surface area contributed by atoms with Gasteiger partial charge in [-0.15, -0.1) is 0 Å². The highest BCUT2D eigenvalue weighted by Gasteiger charge is 2.21. The van der Waals surface area contributed by atoms with Gasteiger partial charge >= 0.3 is 5.97 Å². The lowest BCUT2D eigenvalue weighted by Crippen LogP contribution is -2.18. The number of benzene rings is 1. The molecule has 0 bridgehead atoms. The summed E-state index contributed by atoms with van der Waals surface area (Å²) in [4.78, 5) is 21.2. The van der Waals surface area contributed by atoms with E-state index in [9.17, 15) is 10.1 Å². The Hall–Kier alpha value is -2.74. The number of esters is 1. The van der Waals surface area contributed by atoms with E-state index in [1.807, 2.05) is 31.5 Å². The van der Waals surface area contributed by atoms with Crippen molar-refractivity contribution < 1.29 is 9.53 Å². The third-order valence-corrected chi connectivity index (χ3v) is 5.60. The Morgan fingerprint density at radius 2 is 1.71 bits per heavy atom. The van der Waals surface area contributed by atoms with Crippen LogP contribution >= 0.6 is 0 Å². The minimum Gasteiger partial charge on any atom is -0.426 e. The zero-order valence-corrected chi connectivity index (χ0v) is 19.1. The first kappa shape index (κ1) is 24.5. The van der Waals surface area contributed by atoms with Crippen molar-refractivity contribution in [1.82, 2.24) is 9.97 Å². The maximum absolute atomic E-state index is 12.2. The Kier molecular flexibility index (Phi) is 10.7. The van der Waals surface area contributed by atoms with E-state index >= 15 is 0 Å². The highest BCUT2D eigenvalue weighted by Crippen LogP contribution is 2.23. The van der Waals surface area contributed by atoms with Crippen molar-refractivity contribution in [2.45, 2.75) is 78.6 Å². The minimum atomic E-state index is -0.373. The third-order valence-electron chi connectivity index (χ3n) is 5.60. The predicted molar refractivity (Wildman–Crippen MR) is 123 cm³/mol. The number of carbonyl (C=O) groups excluding carboxylic acids is 1. The molecule has 0 amide bonds. The van der Waals surface area contributed by atoms with E-state index in [0.29, 0.717) is 11.6 Å². The fourth-order valence-electron chi connectivity index (χ4n) is 3.62. The maximum Gasteiger partial charge on any atom is 0.312 e. The molecule has 0 fully saturated rings. The Bertz CT molecular complexity index is 825. The SMILES string of the molecule is CCCCCCCc1cnc(-c2ccc(OC(=O)CC(C#N)C(C)CCC)cc2)nc1. The topological polar surface area (TPSA) is 75.9 Å². The fraction of sp³-hybridized carbons (Fsp3) is 0.538. The summed E-state index contributed by atoms with van der Waals surface area (Å²) in [7, 11) is 0. The summed E-state index contributed by atoms with van der Waals surface area (Å²) in [6.45, 7) is 6.32. The number of rotatable bonds is 13. The lowest BCUT2D eigenvalue weighted by atomic mass is 9.89. The van der Waals surface area contributed by atoms with E-state index in [1.54, 1.807) is 12.1 Å². The molecular weight excluding hydrogens is 386 g/mol. The molecule has 1 aromatic carbocycles. The van der Waals surface area contributed by atoms with Gasteiger partial charge in [0.15, 0.2) is 5.82 Å². The first-order chi connectivity index (χ1) is 15.1. The molecule has 166 valence electrons. The number of unbranched alkanes of at least 4 members (excludes halogenated alkanes) is 4. The van der Waals surface area contributed by atoms with Crippen molar-refractivity contribution in [2.24, 2.45) is 11.8 Å². The summed E-state index contributed by atoms with van der Waals surface area (Å²) in [6.07, 6.45) is 13.1. The van der Waals surface area contributed by atoms with E-state index in [1.165, 1.54) is 32.1 Å². The van der Waals surface area contributed by atoms with Gasteiger partial charge in [0, 0.05) is 18.0 Å². The van der Waals surface area contributed by atoms with Crippen LogP contribution in [0.15, 0.2) is 36.7 Å². The summed E-state index contributed by atoms with van der Waals surface area (Å²) in [5.74, 6) is 0.622. The van der Waals surface area contributed by atoms with Crippen LogP contribution in [0.3, 0.4) is 0 Å². The van der Waals surface area contributed by atoms with Crippen molar-refractivity contribution >= 4 is 5.97 Å². The van der Waals surface area contributed by atoms with Gasteiger partial charge in [0.05, 0.1) is 18.4 Å². The van der Waals surface area contributed by atoms with Gasteiger partial charge in [-0.3, -0.25) is 4.79 Å². The first-order valence-corrected chi connectivity index (χ1v) is 11.6. The standard InChI is InChI=1S/C26H35N3O2/c1-4-6-7-8-9-11-21-18-28-26(29-19-21)22-12-14-24(15-13-22)31-25(30)16-23(17-27)20(3)10-5-2/h12-15,18-20,23H,4-11,16H2,1-3H3. The van der Waals surface area contributed by atoms with Crippen molar-refractivity contribution in [3.63, 3.8) is 0 Å². The molecule has 0 saturated heterocycles. The third kappa shape index (κ3) is 8.49. The average Bonchev–Trinajstić information content (AvgIpc) is 2.78. The molecule has 1 heterocycles. The molecule has 0 spiro atoms. The number of aryl methyl sites for hydroxylation is 1. The number of aromatic nitrogens is 2. The van der Waals surface area contributed by atoms with E-state index in [4.69, 9.17) is 4.74 Å². The largest absolute Gasteiger partial charge is 0.426 e.